The number of anilines is 1. The number of amides is 1. The smallest absolute Gasteiger partial charge is 0.227 e. The molecule has 1 N–H and O–H groups in total. The lowest BCUT2D eigenvalue weighted by molar-refractivity contribution is -0.119. The second kappa shape index (κ2) is 6.93. The van der Waals surface area contributed by atoms with Crippen LogP contribution in [0.4, 0.5) is 5.69 Å². The van der Waals surface area contributed by atoms with Crippen LogP contribution in [0, 0.1) is 5.92 Å². The average Bonchev–Trinajstić information content (AvgIpc) is 2.91. The molecule has 1 aromatic rings. The molecule has 0 unspecified atom stereocenters. The van der Waals surface area contributed by atoms with Crippen molar-refractivity contribution in [1.82, 2.24) is 0 Å². The van der Waals surface area contributed by atoms with Gasteiger partial charge in [-0.05, 0) is 43.4 Å². The minimum Gasteiger partial charge on any atom is -0.326 e. The van der Waals surface area contributed by atoms with Crippen LogP contribution >= 0.6 is 15.9 Å². The Morgan fingerprint density at radius 2 is 2.11 bits per heavy atom. The first kappa shape index (κ1) is 13.6. The molecule has 0 aromatic heterocycles. The van der Waals surface area contributed by atoms with E-state index in [0.29, 0.717) is 0 Å². The van der Waals surface area contributed by atoms with Gasteiger partial charge in [-0.2, -0.15) is 0 Å². The van der Waals surface area contributed by atoms with Gasteiger partial charge < -0.3 is 5.32 Å². The predicted octanol–water partition coefficient (Wildman–Crippen LogP) is 4.14. The Labute approximate surface area is 117 Å². The zero-order valence-corrected chi connectivity index (χ0v) is 12.2. The van der Waals surface area contributed by atoms with Crippen molar-refractivity contribution in [3.63, 3.8) is 0 Å². The van der Waals surface area contributed by atoms with E-state index in [9.17, 15) is 4.79 Å². The molecule has 0 spiro atoms. The molecular weight excluding hydrogens is 290 g/mol. The van der Waals surface area contributed by atoms with E-state index in [4.69, 9.17) is 0 Å². The Morgan fingerprint density at radius 1 is 1.33 bits per heavy atom. The van der Waals surface area contributed by atoms with Gasteiger partial charge in [0.05, 0.1) is 0 Å². The number of alkyl halides is 1. The number of aryl methyl sites for hydroxylation is 1. The maximum atomic E-state index is 12.0. The monoisotopic (exact) mass is 309 g/mol. The zero-order chi connectivity index (χ0) is 12.8. The number of carbonyl (C=O) groups is 1. The van der Waals surface area contributed by atoms with Crippen LogP contribution in [-0.4, -0.2) is 11.2 Å². The molecule has 0 heterocycles. The number of halogens is 1. The average molecular weight is 310 g/mol. The van der Waals surface area contributed by atoms with E-state index in [0.717, 1.165) is 36.7 Å². The summed E-state index contributed by atoms with van der Waals surface area (Å²) in [7, 11) is 0. The van der Waals surface area contributed by atoms with Crippen LogP contribution in [0.2, 0.25) is 0 Å². The van der Waals surface area contributed by atoms with Gasteiger partial charge in [-0.25, -0.2) is 0 Å². The maximum absolute atomic E-state index is 12.0. The van der Waals surface area contributed by atoms with Gasteiger partial charge in [-0.1, -0.05) is 40.9 Å². The van der Waals surface area contributed by atoms with Crippen molar-refractivity contribution in [1.29, 1.82) is 0 Å². The van der Waals surface area contributed by atoms with Crippen LogP contribution < -0.4 is 5.32 Å². The molecule has 2 nitrogen and oxygen atoms in total. The molecule has 0 radical (unpaired) electrons. The van der Waals surface area contributed by atoms with Gasteiger partial charge in [-0.3, -0.25) is 4.79 Å². The minimum absolute atomic E-state index is 0.199. The molecule has 1 aromatic carbocycles. The van der Waals surface area contributed by atoms with E-state index in [1.165, 1.54) is 18.4 Å². The number of hydrogen-bond acceptors (Lipinski definition) is 1. The normalized spacial score (nSPS) is 15.8. The molecule has 1 amide bonds. The molecule has 0 atom stereocenters. The van der Waals surface area contributed by atoms with Crippen molar-refractivity contribution in [2.24, 2.45) is 5.92 Å². The van der Waals surface area contributed by atoms with Gasteiger partial charge in [0.1, 0.15) is 0 Å². The maximum Gasteiger partial charge on any atom is 0.227 e. The molecule has 18 heavy (non-hydrogen) atoms. The quantitative estimate of drug-likeness (QED) is 0.814. The van der Waals surface area contributed by atoms with Gasteiger partial charge in [0.15, 0.2) is 0 Å². The van der Waals surface area contributed by atoms with E-state index in [2.05, 4.69) is 33.4 Å². The zero-order valence-electron chi connectivity index (χ0n) is 10.6. The summed E-state index contributed by atoms with van der Waals surface area (Å²) in [6.45, 7) is 0. The second-order valence-corrected chi connectivity index (χ2v) is 5.76. The van der Waals surface area contributed by atoms with Gasteiger partial charge in [0.2, 0.25) is 5.91 Å². The van der Waals surface area contributed by atoms with E-state index in [-0.39, 0.29) is 11.8 Å². The van der Waals surface area contributed by atoms with E-state index >= 15 is 0 Å². The van der Waals surface area contributed by atoms with Crippen LogP contribution in [0.5, 0.6) is 0 Å². The van der Waals surface area contributed by atoms with E-state index < -0.39 is 0 Å². The topological polar surface area (TPSA) is 29.1 Å². The Kier molecular flexibility index (Phi) is 5.24. The SMILES string of the molecule is O=C(Nc1cccc(CCCBr)c1)C1CCCC1. The number of benzene rings is 1. The molecule has 1 aliphatic rings. The van der Waals surface area contributed by atoms with Crippen LogP contribution in [0.1, 0.15) is 37.7 Å². The fourth-order valence-corrected chi connectivity index (χ4v) is 2.79. The highest BCUT2D eigenvalue weighted by Crippen LogP contribution is 2.26. The number of rotatable bonds is 5. The largest absolute Gasteiger partial charge is 0.326 e. The third-order valence-electron chi connectivity index (χ3n) is 3.52. The van der Waals surface area contributed by atoms with Gasteiger partial charge in [-0.15, -0.1) is 0 Å². The van der Waals surface area contributed by atoms with Crippen LogP contribution in [0.3, 0.4) is 0 Å². The lowest BCUT2D eigenvalue weighted by Gasteiger charge is -2.11. The number of hydrogen-bond donors (Lipinski definition) is 1. The van der Waals surface area contributed by atoms with Crippen molar-refractivity contribution in [3.8, 4) is 0 Å². The molecule has 0 aliphatic heterocycles. The van der Waals surface area contributed by atoms with Crippen molar-refractivity contribution in [3.05, 3.63) is 29.8 Å². The highest BCUT2D eigenvalue weighted by molar-refractivity contribution is 9.09. The number of carbonyl (C=O) groups excluding carboxylic acids is 1. The van der Waals surface area contributed by atoms with E-state index in [1.54, 1.807) is 0 Å². The molecule has 1 fully saturated rings. The Hall–Kier alpha value is -0.830. The van der Waals surface area contributed by atoms with Crippen molar-refractivity contribution >= 4 is 27.5 Å². The first-order valence-electron chi connectivity index (χ1n) is 6.75. The molecule has 0 bridgehead atoms. The van der Waals surface area contributed by atoms with Crippen LogP contribution in [0.25, 0.3) is 0 Å². The highest BCUT2D eigenvalue weighted by atomic mass is 79.9. The second-order valence-electron chi connectivity index (χ2n) is 4.96. The summed E-state index contributed by atoms with van der Waals surface area (Å²) in [4.78, 5) is 12.0. The molecular formula is C15H20BrNO. The summed E-state index contributed by atoms with van der Waals surface area (Å²) in [6.07, 6.45) is 6.68. The third kappa shape index (κ3) is 3.84. The van der Waals surface area contributed by atoms with Crippen LogP contribution in [-0.2, 0) is 11.2 Å². The Morgan fingerprint density at radius 3 is 2.83 bits per heavy atom. The molecule has 1 saturated carbocycles. The van der Waals surface area contributed by atoms with Crippen LogP contribution in [0.15, 0.2) is 24.3 Å². The molecule has 98 valence electrons. The number of nitrogens with one attached hydrogen (secondary N) is 1. The molecule has 0 saturated heterocycles. The fourth-order valence-electron chi connectivity index (χ4n) is 2.51. The Bertz CT molecular complexity index is 399. The summed E-state index contributed by atoms with van der Waals surface area (Å²) in [5.41, 5.74) is 2.23. The molecule has 2 rings (SSSR count). The molecule has 3 heteroatoms. The van der Waals surface area contributed by atoms with Crippen molar-refractivity contribution in [2.45, 2.75) is 38.5 Å². The summed E-state index contributed by atoms with van der Waals surface area (Å²) in [5.74, 6) is 0.432. The first-order valence-corrected chi connectivity index (χ1v) is 7.87. The Balaban J connectivity index is 1.93. The third-order valence-corrected chi connectivity index (χ3v) is 4.08. The van der Waals surface area contributed by atoms with Gasteiger partial charge in [0.25, 0.3) is 0 Å². The highest BCUT2D eigenvalue weighted by Gasteiger charge is 2.22. The predicted molar refractivity (Wildman–Crippen MR) is 79.1 cm³/mol. The standard InChI is InChI=1S/C15H20BrNO/c16-10-4-6-12-5-3-9-14(11-12)17-15(18)13-7-1-2-8-13/h3,5,9,11,13H,1-2,4,6-8,10H2,(H,17,18). The summed E-state index contributed by atoms with van der Waals surface area (Å²) in [6, 6.07) is 8.21. The lowest BCUT2D eigenvalue weighted by Crippen LogP contribution is -2.20. The summed E-state index contributed by atoms with van der Waals surface area (Å²) in [5, 5.41) is 4.07. The van der Waals surface area contributed by atoms with Gasteiger partial charge >= 0.3 is 0 Å². The summed E-state index contributed by atoms with van der Waals surface area (Å²) < 4.78 is 0. The first-order chi connectivity index (χ1) is 8.79. The van der Waals surface area contributed by atoms with Gasteiger partial charge in [0, 0.05) is 16.9 Å². The van der Waals surface area contributed by atoms with E-state index in [1.807, 2.05) is 12.1 Å². The molecule has 1 aliphatic carbocycles. The van der Waals surface area contributed by atoms with Crippen molar-refractivity contribution < 1.29 is 4.79 Å². The fraction of sp³-hybridized carbons (Fsp3) is 0.533. The van der Waals surface area contributed by atoms with Crippen molar-refractivity contribution in [2.75, 3.05) is 10.6 Å². The lowest BCUT2D eigenvalue weighted by atomic mass is 10.1. The summed E-state index contributed by atoms with van der Waals surface area (Å²) >= 11 is 3.44. The minimum atomic E-state index is 0.199.